The summed E-state index contributed by atoms with van der Waals surface area (Å²) in [5.41, 5.74) is 7.90. The molecule has 0 heterocycles. The van der Waals surface area contributed by atoms with E-state index in [4.69, 9.17) is 0 Å². The molecule has 0 aromatic heterocycles. The minimum atomic E-state index is 0.967. The van der Waals surface area contributed by atoms with Gasteiger partial charge in [-0.2, -0.15) is 0 Å². The molecule has 0 saturated heterocycles. The molecule has 0 N–H and O–H groups in total. The Balaban J connectivity index is 0. The molecule has 0 aliphatic heterocycles. The van der Waals surface area contributed by atoms with Crippen LogP contribution in [0.25, 0.3) is 5.57 Å². The van der Waals surface area contributed by atoms with Crippen LogP contribution < -0.4 is 0 Å². The molecule has 0 radical (unpaired) electrons. The fraction of sp³-hybridized carbons (Fsp3) is 0.375. The Kier molecular flexibility index (Phi) is 20.0. The molecule has 0 heteroatoms. The first-order chi connectivity index (χ1) is 15.2. The maximum atomic E-state index is 4.23. The number of benzene rings is 1. The van der Waals surface area contributed by atoms with Gasteiger partial charge in [0.2, 0.25) is 0 Å². The van der Waals surface area contributed by atoms with Crippen LogP contribution in [0.2, 0.25) is 0 Å². The Hall–Kier alpha value is -2.60. The monoisotopic (exact) mass is 432 g/mol. The van der Waals surface area contributed by atoms with Crippen molar-refractivity contribution in [3.63, 3.8) is 0 Å². The largest absolute Gasteiger partial charge is 0.103 e. The highest BCUT2D eigenvalue weighted by Gasteiger charge is 2.09. The Bertz CT molecular complexity index is 789. The van der Waals surface area contributed by atoms with E-state index < -0.39 is 0 Å². The van der Waals surface area contributed by atoms with E-state index in [1.165, 1.54) is 48.8 Å². The predicted octanol–water partition coefficient (Wildman–Crippen LogP) is 10.8. The van der Waals surface area contributed by atoms with E-state index in [-0.39, 0.29) is 0 Å². The summed E-state index contributed by atoms with van der Waals surface area (Å²) in [7, 11) is 0. The summed E-state index contributed by atoms with van der Waals surface area (Å²) >= 11 is 0. The molecule has 0 nitrogen and oxygen atoms in total. The number of rotatable bonds is 10. The van der Waals surface area contributed by atoms with Gasteiger partial charge in [0.1, 0.15) is 0 Å². The highest BCUT2D eigenvalue weighted by molar-refractivity contribution is 5.77. The van der Waals surface area contributed by atoms with Crippen molar-refractivity contribution in [1.82, 2.24) is 0 Å². The topological polar surface area (TPSA) is 0 Å². The second kappa shape index (κ2) is 20.3. The van der Waals surface area contributed by atoms with Crippen LogP contribution in [0.3, 0.4) is 0 Å². The first kappa shape index (κ1) is 31.6. The van der Waals surface area contributed by atoms with Gasteiger partial charge in [0.25, 0.3) is 0 Å². The molecule has 176 valence electrons. The number of hydrogen-bond acceptors (Lipinski definition) is 0. The second-order valence-electron chi connectivity index (χ2n) is 7.92. The van der Waals surface area contributed by atoms with Crippen LogP contribution in [0.1, 0.15) is 84.8 Å². The number of unbranched alkanes of at least 4 members (excludes halogenated alkanes) is 4. The summed E-state index contributed by atoms with van der Waals surface area (Å²) in [6.07, 6.45) is 16.7. The Morgan fingerprint density at radius 2 is 1.41 bits per heavy atom. The lowest BCUT2D eigenvalue weighted by atomic mass is 9.90. The lowest BCUT2D eigenvalue weighted by molar-refractivity contribution is 0.656. The molecular weight excluding hydrogens is 384 g/mol. The van der Waals surface area contributed by atoms with Crippen LogP contribution >= 0.6 is 0 Å². The molecule has 1 aromatic carbocycles. The van der Waals surface area contributed by atoms with Gasteiger partial charge in [-0.3, -0.25) is 0 Å². The number of aryl methyl sites for hydroxylation is 1. The molecule has 0 fully saturated rings. The standard InChI is InChI=1S/C22H26.C7H16.C3H6/c1-8-20(9-2)15-14-18(6)22(16(3)4)19(7)21-13-11-10-12-17(21)5;1-3-5-7-6-4-2;1-3-2/h8-15H,1,3,6H2,2,4-5,7H3;3-7H2,1-2H3;3H,1H2,2H3/b15-14+,20-9+,22-19+;;. The Morgan fingerprint density at radius 1 is 0.875 bits per heavy atom. The first-order valence-electron chi connectivity index (χ1n) is 11.9. The minimum absolute atomic E-state index is 0.967. The fourth-order valence-corrected chi connectivity index (χ4v) is 3.20. The van der Waals surface area contributed by atoms with Gasteiger partial charge in [-0.25, -0.2) is 0 Å². The maximum Gasteiger partial charge on any atom is -0.0131 e. The van der Waals surface area contributed by atoms with E-state index in [1.54, 1.807) is 6.08 Å². The molecule has 1 rings (SSSR count). The summed E-state index contributed by atoms with van der Waals surface area (Å²) in [4.78, 5) is 0. The molecule has 0 amide bonds. The van der Waals surface area contributed by atoms with Crippen LogP contribution in [-0.4, -0.2) is 0 Å². The van der Waals surface area contributed by atoms with Crippen molar-refractivity contribution in [2.45, 2.75) is 80.6 Å². The third-order valence-corrected chi connectivity index (χ3v) is 4.93. The average Bonchev–Trinajstić information content (AvgIpc) is 2.76. The summed E-state index contributed by atoms with van der Waals surface area (Å²) < 4.78 is 0. The van der Waals surface area contributed by atoms with Crippen LogP contribution in [0.5, 0.6) is 0 Å². The molecular formula is C32H48. The van der Waals surface area contributed by atoms with Gasteiger partial charge in [0.05, 0.1) is 0 Å². The molecule has 0 aliphatic rings. The average molecular weight is 433 g/mol. The molecule has 1 aromatic rings. The highest BCUT2D eigenvalue weighted by atomic mass is 14.1. The van der Waals surface area contributed by atoms with Gasteiger partial charge in [-0.1, -0.05) is 126 Å². The summed E-state index contributed by atoms with van der Waals surface area (Å²) in [5, 5.41) is 0. The minimum Gasteiger partial charge on any atom is -0.103 e. The van der Waals surface area contributed by atoms with Gasteiger partial charge in [0, 0.05) is 0 Å². The number of allylic oxidation sites excluding steroid dienone is 10. The third-order valence-electron chi connectivity index (χ3n) is 4.93. The van der Waals surface area contributed by atoms with Gasteiger partial charge in [0.15, 0.2) is 0 Å². The summed E-state index contributed by atoms with van der Waals surface area (Å²) in [6.45, 7) is 30.2. The fourth-order valence-electron chi connectivity index (χ4n) is 3.20. The van der Waals surface area contributed by atoms with Crippen molar-refractivity contribution in [3.8, 4) is 0 Å². The normalized spacial score (nSPS) is 11.4. The lowest BCUT2D eigenvalue weighted by Crippen LogP contribution is -1.95. The van der Waals surface area contributed by atoms with E-state index >= 15 is 0 Å². The van der Waals surface area contributed by atoms with Crippen molar-refractivity contribution in [2.75, 3.05) is 0 Å². The van der Waals surface area contributed by atoms with Crippen molar-refractivity contribution < 1.29 is 0 Å². The lowest BCUT2D eigenvalue weighted by Gasteiger charge is -2.15. The summed E-state index contributed by atoms with van der Waals surface area (Å²) in [6, 6.07) is 8.40. The molecule has 0 spiro atoms. The quantitative estimate of drug-likeness (QED) is 0.196. The third kappa shape index (κ3) is 13.7. The zero-order chi connectivity index (χ0) is 24.9. The SMILES string of the molecule is C=CC.C=CC(/C=C/C(=C)/C(C(=C)C)=C(\C)c1ccccc1C)=C\C.CCCCCCC. The molecule has 0 aliphatic carbocycles. The van der Waals surface area contributed by atoms with Crippen molar-refractivity contribution in [3.05, 3.63) is 114 Å². The molecule has 0 unspecified atom stereocenters. The Labute approximate surface area is 200 Å². The molecule has 0 atom stereocenters. The van der Waals surface area contributed by atoms with E-state index in [9.17, 15) is 0 Å². The Morgan fingerprint density at radius 3 is 1.81 bits per heavy atom. The van der Waals surface area contributed by atoms with Crippen LogP contribution in [0, 0.1) is 6.92 Å². The van der Waals surface area contributed by atoms with Crippen LogP contribution in [0.15, 0.2) is 103 Å². The van der Waals surface area contributed by atoms with E-state index in [0.717, 1.165) is 22.3 Å². The molecule has 0 bridgehead atoms. The molecule has 0 saturated carbocycles. The van der Waals surface area contributed by atoms with E-state index in [1.807, 2.05) is 45.1 Å². The smallest absolute Gasteiger partial charge is 0.0131 e. The van der Waals surface area contributed by atoms with Crippen LogP contribution in [-0.2, 0) is 0 Å². The zero-order valence-corrected chi connectivity index (χ0v) is 22.1. The zero-order valence-electron chi connectivity index (χ0n) is 22.1. The van der Waals surface area contributed by atoms with E-state index in [0.29, 0.717) is 0 Å². The predicted molar refractivity (Wildman–Crippen MR) is 151 cm³/mol. The second-order valence-corrected chi connectivity index (χ2v) is 7.92. The van der Waals surface area contributed by atoms with Crippen molar-refractivity contribution >= 4 is 5.57 Å². The van der Waals surface area contributed by atoms with Gasteiger partial charge >= 0.3 is 0 Å². The van der Waals surface area contributed by atoms with Gasteiger partial charge in [-0.15, -0.1) is 6.58 Å². The van der Waals surface area contributed by atoms with Crippen molar-refractivity contribution in [1.29, 1.82) is 0 Å². The number of hydrogen-bond donors (Lipinski definition) is 0. The first-order valence-corrected chi connectivity index (χ1v) is 11.9. The molecule has 32 heavy (non-hydrogen) atoms. The van der Waals surface area contributed by atoms with Gasteiger partial charge < -0.3 is 0 Å². The van der Waals surface area contributed by atoms with Gasteiger partial charge in [-0.05, 0) is 68.0 Å². The van der Waals surface area contributed by atoms with E-state index in [2.05, 4.69) is 78.3 Å². The summed E-state index contributed by atoms with van der Waals surface area (Å²) in [5.74, 6) is 0. The van der Waals surface area contributed by atoms with Crippen LogP contribution in [0.4, 0.5) is 0 Å². The maximum absolute atomic E-state index is 4.23. The van der Waals surface area contributed by atoms with Crippen molar-refractivity contribution in [2.24, 2.45) is 0 Å². The highest BCUT2D eigenvalue weighted by Crippen LogP contribution is 2.30.